The zero-order chi connectivity index (χ0) is 21.3. The summed E-state index contributed by atoms with van der Waals surface area (Å²) in [5.74, 6) is -0.404. The standard InChI is InChI=1S/C25H22N2O2S/c1-4-21-20(15-26)22(23(27(21)3)25(28)29-5-2)17-11-9-16(10-12-17)19-8-6-7-18-13-14-30-24(18)19/h6-14H,4-5H2,1-3H3. The van der Waals surface area contributed by atoms with Crippen molar-refractivity contribution in [2.45, 2.75) is 20.3 Å². The second-order valence-corrected chi connectivity index (χ2v) is 7.93. The van der Waals surface area contributed by atoms with Gasteiger partial charge in [0.1, 0.15) is 11.8 Å². The molecule has 0 aliphatic carbocycles. The molecule has 2 heterocycles. The summed E-state index contributed by atoms with van der Waals surface area (Å²) in [4.78, 5) is 12.7. The number of aromatic nitrogens is 1. The number of ether oxygens (including phenoxy) is 1. The van der Waals surface area contributed by atoms with Crippen molar-refractivity contribution >= 4 is 27.4 Å². The Morgan fingerprint density at radius 2 is 1.83 bits per heavy atom. The molecule has 2 aromatic heterocycles. The van der Waals surface area contributed by atoms with Crippen LogP contribution in [0.15, 0.2) is 53.9 Å². The Morgan fingerprint density at radius 3 is 2.50 bits per heavy atom. The van der Waals surface area contributed by atoms with Gasteiger partial charge >= 0.3 is 5.97 Å². The van der Waals surface area contributed by atoms with Crippen LogP contribution >= 0.6 is 11.3 Å². The summed E-state index contributed by atoms with van der Waals surface area (Å²) in [5.41, 5.74) is 5.58. The Morgan fingerprint density at radius 1 is 1.10 bits per heavy atom. The van der Waals surface area contributed by atoms with E-state index in [4.69, 9.17) is 4.74 Å². The Balaban J connectivity index is 1.86. The first-order valence-electron chi connectivity index (χ1n) is 9.96. The van der Waals surface area contributed by atoms with Gasteiger partial charge in [0.2, 0.25) is 0 Å². The predicted octanol–water partition coefficient (Wildman–Crippen LogP) is 6.18. The number of nitrogens with zero attached hydrogens (tertiary/aromatic N) is 2. The first-order valence-corrected chi connectivity index (χ1v) is 10.8. The number of thiophene rings is 1. The number of hydrogen-bond acceptors (Lipinski definition) is 4. The molecule has 0 fully saturated rings. The highest BCUT2D eigenvalue weighted by molar-refractivity contribution is 7.17. The predicted molar refractivity (Wildman–Crippen MR) is 122 cm³/mol. The molecule has 0 aliphatic rings. The maximum Gasteiger partial charge on any atom is 0.355 e. The van der Waals surface area contributed by atoms with E-state index in [1.54, 1.807) is 22.8 Å². The summed E-state index contributed by atoms with van der Waals surface area (Å²) in [7, 11) is 1.82. The average Bonchev–Trinajstić information content (AvgIpc) is 3.35. The van der Waals surface area contributed by atoms with Gasteiger partial charge in [-0.25, -0.2) is 4.79 Å². The minimum absolute atomic E-state index is 0.288. The Labute approximate surface area is 180 Å². The van der Waals surface area contributed by atoms with Crippen LogP contribution in [0.3, 0.4) is 0 Å². The van der Waals surface area contributed by atoms with Crippen LogP contribution in [-0.4, -0.2) is 17.1 Å². The van der Waals surface area contributed by atoms with Crippen molar-refractivity contribution in [2.24, 2.45) is 7.05 Å². The molecule has 4 aromatic rings. The van der Waals surface area contributed by atoms with Crippen LogP contribution in [0.4, 0.5) is 0 Å². The van der Waals surface area contributed by atoms with E-state index >= 15 is 0 Å². The van der Waals surface area contributed by atoms with Crippen LogP contribution < -0.4 is 0 Å². The maximum absolute atomic E-state index is 12.7. The average molecular weight is 415 g/mol. The van der Waals surface area contributed by atoms with Crippen molar-refractivity contribution in [1.29, 1.82) is 5.26 Å². The topological polar surface area (TPSA) is 55.0 Å². The third-order valence-electron chi connectivity index (χ3n) is 5.39. The van der Waals surface area contributed by atoms with Crippen molar-refractivity contribution in [3.05, 3.63) is 70.9 Å². The molecule has 30 heavy (non-hydrogen) atoms. The molecule has 0 bridgehead atoms. The molecule has 0 saturated carbocycles. The summed E-state index contributed by atoms with van der Waals surface area (Å²) < 4.78 is 8.34. The lowest BCUT2D eigenvalue weighted by atomic mass is 9.97. The van der Waals surface area contributed by atoms with Gasteiger partial charge in [-0.15, -0.1) is 11.3 Å². The van der Waals surface area contributed by atoms with E-state index in [0.717, 1.165) is 16.8 Å². The molecule has 0 atom stereocenters. The second-order valence-electron chi connectivity index (χ2n) is 7.01. The minimum atomic E-state index is -0.404. The summed E-state index contributed by atoms with van der Waals surface area (Å²) in [6.07, 6.45) is 0.657. The fourth-order valence-corrected chi connectivity index (χ4v) is 4.96. The molecule has 4 rings (SSSR count). The summed E-state index contributed by atoms with van der Waals surface area (Å²) in [6, 6.07) is 18.8. The second kappa shape index (κ2) is 8.17. The van der Waals surface area contributed by atoms with E-state index in [9.17, 15) is 10.1 Å². The number of carbonyl (C=O) groups is 1. The lowest BCUT2D eigenvalue weighted by Gasteiger charge is -2.09. The van der Waals surface area contributed by atoms with E-state index in [0.29, 0.717) is 23.2 Å². The number of carbonyl (C=O) groups excluding carboxylic acids is 1. The summed E-state index contributed by atoms with van der Waals surface area (Å²) >= 11 is 1.73. The lowest BCUT2D eigenvalue weighted by Crippen LogP contribution is -2.12. The largest absolute Gasteiger partial charge is 0.461 e. The quantitative estimate of drug-likeness (QED) is 0.366. The Kier molecular flexibility index (Phi) is 5.43. The van der Waals surface area contributed by atoms with Crippen LogP contribution in [0, 0.1) is 11.3 Å². The van der Waals surface area contributed by atoms with Crippen LogP contribution in [0.1, 0.15) is 35.6 Å². The number of hydrogen-bond donors (Lipinski definition) is 0. The van der Waals surface area contributed by atoms with E-state index < -0.39 is 5.97 Å². The van der Waals surface area contributed by atoms with Crippen LogP contribution in [-0.2, 0) is 18.2 Å². The highest BCUT2D eigenvalue weighted by atomic mass is 32.1. The van der Waals surface area contributed by atoms with Gasteiger partial charge in [-0.1, -0.05) is 49.4 Å². The first-order chi connectivity index (χ1) is 14.6. The molecule has 0 N–H and O–H groups in total. The molecule has 4 nitrogen and oxygen atoms in total. The molecular formula is C25H22N2O2S. The van der Waals surface area contributed by atoms with Crippen molar-refractivity contribution in [1.82, 2.24) is 4.57 Å². The first kappa shape index (κ1) is 19.9. The summed E-state index contributed by atoms with van der Waals surface area (Å²) in [5, 5.41) is 13.2. The van der Waals surface area contributed by atoms with E-state index in [-0.39, 0.29) is 6.61 Å². The molecule has 0 unspecified atom stereocenters. The van der Waals surface area contributed by atoms with Gasteiger partial charge in [-0.05, 0) is 46.9 Å². The maximum atomic E-state index is 12.7. The molecule has 0 saturated heterocycles. The SMILES string of the molecule is CCOC(=O)c1c(-c2ccc(-c3cccc4ccsc34)cc2)c(C#N)c(CC)n1C. The number of fused-ring (bicyclic) bond motifs is 1. The number of esters is 1. The van der Waals surface area contributed by atoms with Gasteiger partial charge < -0.3 is 9.30 Å². The van der Waals surface area contributed by atoms with Crippen molar-refractivity contribution < 1.29 is 9.53 Å². The van der Waals surface area contributed by atoms with Crippen molar-refractivity contribution in [2.75, 3.05) is 6.61 Å². The summed E-state index contributed by atoms with van der Waals surface area (Å²) in [6.45, 7) is 4.06. The van der Waals surface area contributed by atoms with Crippen molar-refractivity contribution in [3.63, 3.8) is 0 Å². The van der Waals surface area contributed by atoms with Crippen LogP contribution in [0.2, 0.25) is 0 Å². The Hall–Kier alpha value is -3.36. The third-order valence-corrected chi connectivity index (χ3v) is 6.36. The van der Waals surface area contributed by atoms with E-state index in [1.807, 2.05) is 26.1 Å². The Bertz CT molecular complexity index is 1270. The molecule has 0 radical (unpaired) electrons. The molecule has 150 valence electrons. The van der Waals surface area contributed by atoms with E-state index in [2.05, 4.69) is 47.8 Å². The van der Waals surface area contributed by atoms with E-state index in [1.165, 1.54) is 15.6 Å². The molecule has 0 spiro atoms. The molecule has 0 aliphatic heterocycles. The van der Waals surface area contributed by atoms with Gasteiger partial charge in [0, 0.05) is 23.0 Å². The fourth-order valence-electron chi connectivity index (χ4n) is 4.02. The van der Waals surface area contributed by atoms with Crippen LogP contribution in [0.5, 0.6) is 0 Å². The molecular weight excluding hydrogens is 392 g/mol. The number of rotatable bonds is 5. The molecule has 5 heteroatoms. The monoisotopic (exact) mass is 414 g/mol. The molecule has 0 amide bonds. The molecule has 2 aromatic carbocycles. The van der Waals surface area contributed by atoms with Gasteiger partial charge in [0.15, 0.2) is 0 Å². The zero-order valence-electron chi connectivity index (χ0n) is 17.2. The van der Waals surface area contributed by atoms with Gasteiger partial charge in [0.25, 0.3) is 0 Å². The smallest absolute Gasteiger partial charge is 0.355 e. The van der Waals surface area contributed by atoms with Crippen LogP contribution in [0.25, 0.3) is 32.3 Å². The normalized spacial score (nSPS) is 10.9. The van der Waals surface area contributed by atoms with Gasteiger partial charge in [0.05, 0.1) is 12.2 Å². The highest BCUT2D eigenvalue weighted by Gasteiger charge is 2.26. The fraction of sp³-hybridized carbons (Fsp3) is 0.200. The van der Waals surface area contributed by atoms with Gasteiger partial charge in [-0.2, -0.15) is 5.26 Å². The minimum Gasteiger partial charge on any atom is -0.461 e. The van der Waals surface area contributed by atoms with Gasteiger partial charge in [-0.3, -0.25) is 0 Å². The van der Waals surface area contributed by atoms with Crippen molar-refractivity contribution in [3.8, 4) is 28.3 Å². The zero-order valence-corrected chi connectivity index (χ0v) is 18.0. The number of benzene rings is 2. The highest BCUT2D eigenvalue weighted by Crippen LogP contribution is 2.36. The lowest BCUT2D eigenvalue weighted by molar-refractivity contribution is 0.0516. The number of nitriles is 1. The third kappa shape index (κ3) is 3.20.